The average Bonchev–Trinajstić information content (AvgIpc) is 2.99. The maximum atomic E-state index is 2.52. The van der Waals surface area contributed by atoms with Gasteiger partial charge in [0.2, 0.25) is 11.4 Å². The molecule has 6 rings (SSSR count). The van der Waals surface area contributed by atoms with E-state index in [-0.39, 0.29) is 0 Å². The zero-order valence-corrected chi connectivity index (χ0v) is 20.7. The van der Waals surface area contributed by atoms with E-state index in [1.807, 2.05) is 0 Å². The quantitative estimate of drug-likeness (QED) is 0.213. The van der Waals surface area contributed by atoms with E-state index < -0.39 is 0 Å². The van der Waals surface area contributed by atoms with Gasteiger partial charge in [0.15, 0.2) is 6.54 Å². The molecule has 0 spiro atoms. The second kappa shape index (κ2) is 10.5. The summed E-state index contributed by atoms with van der Waals surface area (Å²) in [6.07, 6.45) is 0. The first-order chi connectivity index (χ1) is 18.4. The first-order valence-electron chi connectivity index (χ1n) is 12.7. The number of aromatic nitrogens is 1. The Hall–Kier alpha value is -4.75. The fourth-order valence-electron chi connectivity index (χ4n) is 5.10. The molecule has 0 bridgehead atoms. The van der Waals surface area contributed by atoms with Gasteiger partial charge in [-0.3, -0.25) is 0 Å². The summed E-state index contributed by atoms with van der Waals surface area (Å²) >= 11 is 0. The Balaban J connectivity index is 1.77. The van der Waals surface area contributed by atoms with Crippen LogP contribution < -0.4 is 4.57 Å². The average molecular weight is 475 g/mol. The van der Waals surface area contributed by atoms with Crippen molar-refractivity contribution in [1.29, 1.82) is 0 Å². The van der Waals surface area contributed by atoms with Gasteiger partial charge in [0, 0.05) is 16.7 Å². The second-order valence-corrected chi connectivity index (χ2v) is 9.20. The molecular weight excluding hydrogens is 446 g/mol. The van der Waals surface area contributed by atoms with Gasteiger partial charge in [-0.1, -0.05) is 127 Å². The van der Waals surface area contributed by atoms with Crippen molar-refractivity contribution in [1.82, 2.24) is 0 Å². The Kier molecular flexibility index (Phi) is 6.43. The maximum Gasteiger partial charge on any atom is 0.221 e. The number of rotatable bonds is 6. The maximum absolute atomic E-state index is 2.52. The van der Waals surface area contributed by atoms with Crippen LogP contribution in [0.5, 0.6) is 0 Å². The molecule has 0 radical (unpaired) electrons. The number of hydrogen-bond donors (Lipinski definition) is 0. The van der Waals surface area contributed by atoms with Crippen molar-refractivity contribution in [3.05, 3.63) is 163 Å². The van der Waals surface area contributed by atoms with Gasteiger partial charge < -0.3 is 0 Å². The van der Waals surface area contributed by atoms with Crippen molar-refractivity contribution in [3.63, 3.8) is 0 Å². The molecule has 1 nitrogen and oxygen atoms in total. The fraction of sp³-hybridized carbons (Fsp3) is 0.0278. The van der Waals surface area contributed by atoms with Crippen molar-refractivity contribution < 1.29 is 4.57 Å². The molecule has 0 atom stereocenters. The molecule has 0 aliphatic rings. The van der Waals surface area contributed by atoms with E-state index in [1.165, 1.54) is 50.3 Å². The van der Waals surface area contributed by atoms with Gasteiger partial charge in [0.1, 0.15) is 0 Å². The summed E-state index contributed by atoms with van der Waals surface area (Å²) in [5.74, 6) is 0. The van der Waals surface area contributed by atoms with Crippen LogP contribution in [-0.4, -0.2) is 0 Å². The highest BCUT2D eigenvalue weighted by Gasteiger charge is 2.29. The molecule has 0 amide bonds. The van der Waals surface area contributed by atoms with Crippen LogP contribution in [0.25, 0.3) is 44.8 Å². The third kappa shape index (κ3) is 4.72. The van der Waals surface area contributed by atoms with E-state index in [1.54, 1.807) is 0 Å². The van der Waals surface area contributed by atoms with Crippen molar-refractivity contribution in [3.8, 4) is 44.8 Å². The summed E-state index contributed by atoms with van der Waals surface area (Å²) in [5.41, 5.74) is 11.0. The van der Waals surface area contributed by atoms with Gasteiger partial charge in [-0.2, -0.15) is 4.57 Å². The van der Waals surface area contributed by atoms with Crippen LogP contribution in [-0.2, 0) is 6.54 Å². The standard InChI is InChI=1S/C36H28N/c1-6-16-28(17-7-1)27-37-35(31-22-12-4-13-23-31)33(29-18-8-2-9-19-29)26-34(30-20-10-3-11-21-30)36(37)32-24-14-5-15-25-32/h1-26H,27H2/q+1. The van der Waals surface area contributed by atoms with Crippen LogP contribution in [0.3, 0.4) is 0 Å². The summed E-state index contributed by atoms with van der Waals surface area (Å²) < 4.78 is 2.52. The van der Waals surface area contributed by atoms with E-state index in [2.05, 4.69) is 162 Å². The lowest BCUT2D eigenvalue weighted by Gasteiger charge is -2.18. The fourth-order valence-corrected chi connectivity index (χ4v) is 5.10. The Morgan fingerprint density at radius 3 is 1.05 bits per heavy atom. The zero-order valence-electron chi connectivity index (χ0n) is 20.7. The minimum absolute atomic E-state index is 0.760. The summed E-state index contributed by atoms with van der Waals surface area (Å²) in [6, 6.07) is 56.2. The number of pyridine rings is 1. The van der Waals surface area contributed by atoms with Crippen molar-refractivity contribution in [2.45, 2.75) is 6.54 Å². The van der Waals surface area contributed by atoms with Crippen molar-refractivity contribution in [2.24, 2.45) is 0 Å². The molecule has 1 heterocycles. The van der Waals surface area contributed by atoms with Gasteiger partial charge in [-0.05, 0) is 41.5 Å². The number of nitrogens with zero attached hydrogens (tertiary/aromatic N) is 1. The minimum atomic E-state index is 0.760. The van der Waals surface area contributed by atoms with Gasteiger partial charge in [0.05, 0.1) is 11.1 Å². The SMILES string of the molecule is c1ccc(C[n+]2c(-c3ccccc3)c(-c3ccccc3)cc(-c3ccccc3)c2-c2ccccc2)cc1. The molecule has 0 fully saturated rings. The largest absolute Gasteiger partial charge is 0.221 e. The molecule has 37 heavy (non-hydrogen) atoms. The molecule has 0 unspecified atom stereocenters. The van der Waals surface area contributed by atoms with Crippen LogP contribution in [0.2, 0.25) is 0 Å². The summed E-state index contributed by atoms with van der Waals surface area (Å²) in [7, 11) is 0. The van der Waals surface area contributed by atoms with Crippen LogP contribution in [0, 0.1) is 0 Å². The monoisotopic (exact) mass is 474 g/mol. The molecule has 1 aromatic heterocycles. The Labute approximate surface area is 219 Å². The third-order valence-electron chi connectivity index (χ3n) is 6.79. The predicted octanol–water partition coefficient (Wildman–Crippen LogP) is 8.69. The highest BCUT2D eigenvalue weighted by molar-refractivity contribution is 5.88. The molecule has 0 aliphatic carbocycles. The van der Waals surface area contributed by atoms with Crippen LogP contribution in [0.4, 0.5) is 0 Å². The zero-order chi connectivity index (χ0) is 24.9. The lowest BCUT2D eigenvalue weighted by molar-refractivity contribution is -0.665. The summed E-state index contributed by atoms with van der Waals surface area (Å²) in [5, 5.41) is 0. The number of hydrogen-bond acceptors (Lipinski definition) is 0. The first-order valence-corrected chi connectivity index (χ1v) is 12.7. The molecule has 176 valence electrons. The topological polar surface area (TPSA) is 3.88 Å². The van der Waals surface area contributed by atoms with E-state index in [0.717, 1.165) is 6.54 Å². The highest BCUT2D eigenvalue weighted by atomic mass is 15.0. The van der Waals surface area contributed by atoms with Crippen LogP contribution in [0.15, 0.2) is 158 Å². The van der Waals surface area contributed by atoms with Crippen LogP contribution >= 0.6 is 0 Å². The van der Waals surface area contributed by atoms with Crippen molar-refractivity contribution in [2.75, 3.05) is 0 Å². The van der Waals surface area contributed by atoms with E-state index in [9.17, 15) is 0 Å². The second-order valence-electron chi connectivity index (χ2n) is 9.20. The van der Waals surface area contributed by atoms with E-state index in [4.69, 9.17) is 0 Å². The highest BCUT2D eigenvalue weighted by Crippen LogP contribution is 2.38. The Morgan fingerprint density at radius 2 is 0.676 bits per heavy atom. The van der Waals surface area contributed by atoms with Gasteiger partial charge in [0.25, 0.3) is 0 Å². The predicted molar refractivity (Wildman–Crippen MR) is 154 cm³/mol. The van der Waals surface area contributed by atoms with E-state index >= 15 is 0 Å². The van der Waals surface area contributed by atoms with E-state index in [0.29, 0.717) is 0 Å². The molecule has 0 saturated carbocycles. The molecule has 5 aromatic carbocycles. The van der Waals surface area contributed by atoms with Gasteiger partial charge in [-0.25, -0.2) is 0 Å². The lowest BCUT2D eigenvalue weighted by Crippen LogP contribution is -2.40. The lowest BCUT2D eigenvalue weighted by atomic mass is 9.90. The van der Waals surface area contributed by atoms with Gasteiger partial charge >= 0.3 is 0 Å². The van der Waals surface area contributed by atoms with Crippen LogP contribution in [0.1, 0.15) is 5.56 Å². The molecule has 0 aliphatic heterocycles. The van der Waals surface area contributed by atoms with Gasteiger partial charge in [-0.15, -0.1) is 0 Å². The molecule has 0 N–H and O–H groups in total. The smallest absolute Gasteiger partial charge is 0.186 e. The number of benzene rings is 5. The third-order valence-corrected chi connectivity index (χ3v) is 6.79. The Bertz CT molecular complexity index is 1490. The summed E-state index contributed by atoms with van der Waals surface area (Å²) in [6.45, 7) is 0.760. The molecular formula is C36H28N+. The first kappa shape index (κ1) is 22.7. The van der Waals surface area contributed by atoms with Crippen molar-refractivity contribution >= 4 is 0 Å². The normalized spacial score (nSPS) is 10.8. The molecule has 1 heteroatoms. The Morgan fingerprint density at radius 1 is 0.351 bits per heavy atom. The molecule has 0 saturated heterocycles. The molecule has 6 aromatic rings. The summed E-state index contributed by atoms with van der Waals surface area (Å²) in [4.78, 5) is 0. The minimum Gasteiger partial charge on any atom is -0.186 e.